The fraction of sp³-hybridized carbons (Fsp3) is 0.118. The van der Waals surface area contributed by atoms with Crippen LogP contribution >= 0.6 is 0 Å². The van der Waals surface area contributed by atoms with Gasteiger partial charge in [0, 0.05) is 17.7 Å². The number of hydrogen-bond acceptors (Lipinski definition) is 5. The Bertz CT molecular complexity index is 828. The predicted octanol–water partition coefficient (Wildman–Crippen LogP) is 4.14. The molecule has 116 valence electrons. The van der Waals surface area contributed by atoms with Crippen molar-refractivity contribution in [2.75, 3.05) is 0 Å². The lowest BCUT2D eigenvalue weighted by Crippen LogP contribution is -1.98. The maximum Gasteiger partial charge on any atom is 0.310 e. The van der Waals surface area contributed by atoms with Gasteiger partial charge in [-0.3, -0.25) is 10.1 Å². The highest BCUT2D eigenvalue weighted by Gasteiger charge is 2.16. The number of nitrogens with zero attached hydrogens (tertiary/aromatic N) is 2. The van der Waals surface area contributed by atoms with E-state index in [4.69, 9.17) is 9.26 Å². The minimum absolute atomic E-state index is 0.0709. The van der Waals surface area contributed by atoms with E-state index >= 15 is 0 Å². The zero-order chi connectivity index (χ0) is 16.2. The van der Waals surface area contributed by atoms with Crippen molar-refractivity contribution in [3.8, 4) is 17.0 Å². The summed E-state index contributed by atoms with van der Waals surface area (Å²) in [7, 11) is 0. The summed E-state index contributed by atoms with van der Waals surface area (Å²) in [4.78, 5) is 10.6. The average Bonchev–Trinajstić information content (AvgIpc) is 3.02. The topological polar surface area (TPSA) is 78.4 Å². The lowest BCUT2D eigenvalue weighted by atomic mass is 10.1. The standard InChI is InChI=1S/C17H14N2O4/c1-12-7-8-16(19(20)21)17(9-12)22-11-14-10-15(18-23-14)13-5-3-2-4-6-13/h2-10H,11H2,1H3. The molecule has 0 bridgehead atoms. The number of ether oxygens (including phenoxy) is 1. The van der Waals surface area contributed by atoms with Gasteiger partial charge in [0.05, 0.1) is 4.92 Å². The van der Waals surface area contributed by atoms with Crippen LogP contribution in [0.5, 0.6) is 5.75 Å². The molecule has 6 nitrogen and oxygen atoms in total. The summed E-state index contributed by atoms with van der Waals surface area (Å²) in [6.45, 7) is 1.92. The molecule has 0 aliphatic carbocycles. The Morgan fingerprint density at radius 1 is 1.17 bits per heavy atom. The molecule has 2 aromatic carbocycles. The summed E-state index contributed by atoms with van der Waals surface area (Å²) in [6, 6.07) is 16.1. The van der Waals surface area contributed by atoms with Crippen LogP contribution in [-0.2, 0) is 6.61 Å². The summed E-state index contributed by atoms with van der Waals surface area (Å²) in [5.74, 6) is 0.715. The van der Waals surface area contributed by atoms with Crippen LogP contribution in [0.4, 0.5) is 5.69 Å². The van der Waals surface area contributed by atoms with E-state index in [1.54, 1.807) is 18.2 Å². The summed E-state index contributed by atoms with van der Waals surface area (Å²) in [6.07, 6.45) is 0. The van der Waals surface area contributed by atoms with Gasteiger partial charge in [-0.05, 0) is 18.6 Å². The molecular formula is C17H14N2O4. The Balaban J connectivity index is 1.76. The van der Waals surface area contributed by atoms with Gasteiger partial charge in [-0.2, -0.15) is 0 Å². The average molecular weight is 310 g/mol. The normalized spacial score (nSPS) is 10.5. The maximum absolute atomic E-state index is 11.0. The molecule has 0 radical (unpaired) electrons. The van der Waals surface area contributed by atoms with E-state index in [1.165, 1.54) is 6.07 Å². The summed E-state index contributed by atoms with van der Waals surface area (Å²) in [5, 5.41) is 15.0. The molecule has 23 heavy (non-hydrogen) atoms. The quantitative estimate of drug-likeness (QED) is 0.523. The molecule has 0 spiro atoms. The van der Waals surface area contributed by atoms with Crippen LogP contribution in [0.3, 0.4) is 0 Å². The Kier molecular flexibility index (Phi) is 4.05. The van der Waals surface area contributed by atoms with Crippen LogP contribution < -0.4 is 4.74 Å². The molecule has 0 unspecified atom stereocenters. The zero-order valence-corrected chi connectivity index (χ0v) is 12.4. The molecule has 6 heteroatoms. The van der Waals surface area contributed by atoms with Crippen LogP contribution in [-0.4, -0.2) is 10.1 Å². The van der Waals surface area contributed by atoms with E-state index in [0.717, 1.165) is 11.1 Å². The maximum atomic E-state index is 11.0. The van der Waals surface area contributed by atoms with Crippen molar-refractivity contribution in [1.82, 2.24) is 5.16 Å². The Morgan fingerprint density at radius 2 is 1.96 bits per heavy atom. The van der Waals surface area contributed by atoms with Gasteiger partial charge < -0.3 is 9.26 Å². The first-order valence-corrected chi connectivity index (χ1v) is 7.02. The van der Waals surface area contributed by atoms with Gasteiger partial charge in [0.1, 0.15) is 12.3 Å². The van der Waals surface area contributed by atoms with Crippen LogP contribution in [0, 0.1) is 17.0 Å². The third kappa shape index (κ3) is 3.37. The van der Waals surface area contributed by atoms with Gasteiger partial charge in [0.15, 0.2) is 11.5 Å². The highest BCUT2D eigenvalue weighted by Crippen LogP contribution is 2.29. The van der Waals surface area contributed by atoms with Gasteiger partial charge in [-0.15, -0.1) is 0 Å². The first-order chi connectivity index (χ1) is 11.1. The number of hydrogen-bond donors (Lipinski definition) is 0. The van der Waals surface area contributed by atoms with Crippen molar-refractivity contribution in [2.24, 2.45) is 0 Å². The van der Waals surface area contributed by atoms with E-state index in [9.17, 15) is 10.1 Å². The van der Waals surface area contributed by atoms with Crippen LogP contribution in [0.15, 0.2) is 59.1 Å². The fourth-order valence-electron chi connectivity index (χ4n) is 2.16. The van der Waals surface area contributed by atoms with Crippen molar-refractivity contribution < 1.29 is 14.2 Å². The van der Waals surface area contributed by atoms with Gasteiger partial charge in [0.2, 0.25) is 0 Å². The number of aryl methyl sites for hydroxylation is 1. The molecule has 3 aromatic rings. The highest BCUT2D eigenvalue weighted by atomic mass is 16.6. The molecule has 0 saturated heterocycles. The minimum Gasteiger partial charge on any atom is -0.479 e. The molecule has 0 saturated carbocycles. The molecule has 0 aliphatic rings. The van der Waals surface area contributed by atoms with Crippen molar-refractivity contribution in [1.29, 1.82) is 0 Å². The Labute approximate surface area is 132 Å². The second kappa shape index (κ2) is 6.31. The molecule has 0 atom stereocenters. The van der Waals surface area contributed by atoms with Gasteiger partial charge in [-0.25, -0.2) is 0 Å². The first-order valence-electron chi connectivity index (χ1n) is 7.02. The zero-order valence-electron chi connectivity index (χ0n) is 12.4. The van der Waals surface area contributed by atoms with Crippen molar-refractivity contribution in [2.45, 2.75) is 13.5 Å². The van der Waals surface area contributed by atoms with E-state index in [-0.39, 0.29) is 18.0 Å². The number of rotatable bonds is 5. The van der Waals surface area contributed by atoms with Crippen LogP contribution in [0.1, 0.15) is 11.3 Å². The highest BCUT2D eigenvalue weighted by molar-refractivity contribution is 5.58. The third-order valence-corrected chi connectivity index (χ3v) is 3.31. The van der Waals surface area contributed by atoms with Crippen LogP contribution in [0.25, 0.3) is 11.3 Å². The molecule has 3 rings (SSSR count). The van der Waals surface area contributed by atoms with E-state index in [1.807, 2.05) is 37.3 Å². The molecule has 0 fully saturated rings. The molecule has 1 aromatic heterocycles. The van der Waals surface area contributed by atoms with E-state index < -0.39 is 4.92 Å². The van der Waals surface area contributed by atoms with Crippen molar-refractivity contribution in [3.63, 3.8) is 0 Å². The monoisotopic (exact) mass is 310 g/mol. The minimum atomic E-state index is -0.468. The largest absolute Gasteiger partial charge is 0.479 e. The predicted molar refractivity (Wildman–Crippen MR) is 84.1 cm³/mol. The lowest BCUT2D eigenvalue weighted by Gasteiger charge is -2.05. The Hall–Kier alpha value is -3.15. The number of aromatic nitrogens is 1. The second-order valence-corrected chi connectivity index (χ2v) is 5.06. The van der Waals surface area contributed by atoms with E-state index in [0.29, 0.717) is 11.5 Å². The molecule has 0 aliphatic heterocycles. The number of benzene rings is 2. The SMILES string of the molecule is Cc1ccc([N+](=O)[O-])c(OCc2cc(-c3ccccc3)no2)c1. The van der Waals surface area contributed by atoms with Crippen molar-refractivity contribution in [3.05, 3.63) is 76.0 Å². The molecule has 0 amide bonds. The number of nitro groups is 1. The smallest absolute Gasteiger partial charge is 0.310 e. The van der Waals surface area contributed by atoms with E-state index in [2.05, 4.69) is 5.16 Å². The van der Waals surface area contributed by atoms with Crippen LogP contribution in [0.2, 0.25) is 0 Å². The van der Waals surface area contributed by atoms with Gasteiger partial charge in [-0.1, -0.05) is 41.6 Å². The number of nitro benzene ring substituents is 1. The Morgan fingerprint density at radius 3 is 2.70 bits per heavy atom. The van der Waals surface area contributed by atoms with Gasteiger partial charge in [0.25, 0.3) is 0 Å². The fourth-order valence-corrected chi connectivity index (χ4v) is 2.16. The summed E-state index contributed by atoms with van der Waals surface area (Å²) in [5.41, 5.74) is 2.44. The second-order valence-electron chi connectivity index (χ2n) is 5.06. The molecule has 1 heterocycles. The molecule has 0 N–H and O–H groups in total. The van der Waals surface area contributed by atoms with Gasteiger partial charge >= 0.3 is 5.69 Å². The van der Waals surface area contributed by atoms with Crippen molar-refractivity contribution >= 4 is 5.69 Å². The summed E-state index contributed by atoms with van der Waals surface area (Å²) >= 11 is 0. The lowest BCUT2D eigenvalue weighted by molar-refractivity contribution is -0.386. The summed E-state index contributed by atoms with van der Waals surface area (Å²) < 4.78 is 10.8. The third-order valence-electron chi connectivity index (χ3n) is 3.31. The first kappa shape index (κ1) is 14.8. The molecular weight excluding hydrogens is 296 g/mol.